The predicted molar refractivity (Wildman–Crippen MR) is 73.7 cm³/mol. The van der Waals surface area contributed by atoms with E-state index in [9.17, 15) is 9.59 Å². The Bertz CT molecular complexity index is 325. The average molecular weight is 267 g/mol. The summed E-state index contributed by atoms with van der Waals surface area (Å²) in [6, 6.07) is 0. The van der Waals surface area contributed by atoms with Gasteiger partial charge in [0, 0.05) is 32.0 Å². The lowest BCUT2D eigenvalue weighted by Crippen LogP contribution is -2.39. The lowest BCUT2D eigenvalue weighted by atomic mass is 9.96. The third-order valence-electron chi connectivity index (χ3n) is 4.16. The molecule has 2 aliphatic rings. The van der Waals surface area contributed by atoms with Gasteiger partial charge in [-0.15, -0.1) is 0 Å². The summed E-state index contributed by atoms with van der Waals surface area (Å²) < 4.78 is 0. The SMILES string of the molecule is CN1CCC(C(=O)NCCCN2CCCC2=O)CC1. The molecule has 0 atom stereocenters. The van der Waals surface area contributed by atoms with Crippen LogP contribution >= 0.6 is 0 Å². The van der Waals surface area contributed by atoms with Gasteiger partial charge in [-0.2, -0.15) is 0 Å². The second-order valence-corrected chi connectivity index (χ2v) is 5.71. The van der Waals surface area contributed by atoms with E-state index in [0.717, 1.165) is 51.9 Å². The first-order chi connectivity index (χ1) is 9.16. The van der Waals surface area contributed by atoms with Crippen LogP contribution in [-0.4, -0.2) is 61.4 Å². The molecule has 0 aromatic rings. The minimum Gasteiger partial charge on any atom is -0.356 e. The van der Waals surface area contributed by atoms with Crippen molar-refractivity contribution in [1.82, 2.24) is 15.1 Å². The first-order valence-electron chi connectivity index (χ1n) is 7.41. The van der Waals surface area contributed by atoms with Gasteiger partial charge in [-0.25, -0.2) is 0 Å². The zero-order valence-corrected chi connectivity index (χ0v) is 11.9. The van der Waals surface area contributed by atoms with Crippen LogP contribution in [-0.2, 0) is 9.59 Å². The van der Waals surface area contributed by atoms with Gasteiger partial charge in [0.2, 0.25) is 11.8 Å². The summed E-state index contributed by atoms with van der Waals surface area (Å²) in [4.78, 5) is 27.5. The number of nitrogens with one attached hydrogen (secondary N) is 1. The Hall–Kier alpha value is -1.10. The molecule has 2 amide bonds. The molecule has 0 spiro atoms. The number of carbonyl (C=O) groups excluding carboxylic acids is 2. The minimum atomic E-state index is 0.185. The Morgan fingerprint density at radius 3 is 2.68 bits per heavy atom. The topological polar surface area (TPSA) is 52.7 Å². The van der Waals surface area contributed by atoms with Crippen LogP contribution in [0.15, 0.2) is 0 Å². The molecule has 0 saturated carbocycles. The van der Waals surface area contributed by atoms with Crippen molar-refractivity contribution in [2.75, 3.05) is 39.8 Å². The number of likely N-dealkylation sites (tertiary alicyclic amines) is 2. The van der Waals surface area contributed by atoms with Crippen molar-refractivity contribution in [1.29, 1.82) is 0 Å². The first kappa shape index (κ1) is 14.3. The number of carbonyl (C=O) groups is 2. The smallest absolute Gasteiger partial charge is 0.223 e. The van der Waals surface area contributed by atoms with Crippen molar-refractivity contribution < 1.29 is 9.59 Å². The normalized spacial score (nSPS) is 21.9. The predicted octanol–water partition coefficient (Wildman–Crippen LogP) is 0.457. The Balaban J connectivity index is 1.57. The summed E-state index contributed by atoms with van der Waals surface area (Å²) in [5.41, 5.74) is 0. The lowest BCUT2D eigenvalue weighted by molar-refractivity contribution is -0.127. The minimum absolute atomic E-state index is 0.185. The van der Waals surface area contributed by atoms with Crippen LogP contribution < -0.4 is 5.32 Å². The standard InChI is InChI=1S/C14H25N3O2/c1-16-10-5-12(6-11-16)14(19)15-7-3-9-17-8-2-4-13(17)18/h12H,2-11H2,1H3,(H,15,19). The van der Waals surface area contributed by atoms with Crippen LogP contribution in [0.3, 0.4) is 0 Å². The summed E-state index contributed by atoms with van der Waals surface area (Å²) in [6.07, 6.45) is 4.48. The molecule has 2 fully saturated rings. The number of hydrogen-bond acceptors (Lipinski definition) is 3. The van der Waals surface area contributed by atoms with Crippen LogP contribution in [0.4, 0.5) is 0 Å². The quantitative estimate of drug-likeness (QED) is 0.736. The van der Waals surface area contributed by atoms with Gasteiger partial charge in [0.1, 0.15) is 0 Å². The fourth-order valence-electron chi connectivity index (χ4n) is 2.84. The number of nitrogens with zero attached hydrogens (tertiary/aromatic N) is 2. The molecule has 1 N–H and O–H groups in total. The summed E-state index contributed by atoms with van der Waals surface area (Å²) >= 11 is 0. The summed E-state index contributed by atoms with van der Waals surface area (Å²) in [7, 11) is 2.10. The fraction of sp³-hybridized carbons (Fsp3) is 0.857. The number of piperidine rings is 1. The maximum atomic E-state index is 12.0. The van der Waals surface area contributed by atoms with Gasteiger partial charge in [-0.05, 0) is 45.8 Å². The first-order valence-corrected chi connectivity index (χ1v) is 7.41. The van der Waals surface area contributed by atoms with E-state index in [1.54, 1.807) is 0 Å². The highest BCUT2D eigenvalue weighted by Gasteiger charge is 2.23. The van der Waals surface area contributed by atoms with Crippen molar-refractivity contribution in [3.8, 4) is 0 Å². The fourth-order valence-corrected chi connectivity index (χ4v) is 2.84. The Kier molecular flexibility index (Phi) is 5.19. The Morgan fingerprint density at radius 1 is 1.32 bits per heavy atom. The third kappa shape index (κ3) is 4.20. The van der Waals surface area contributed by atoms with Gasteiger partial charge in [0.25, 0.3) is 0 Å². The maximum Gasteiger partial charge on any atom is 0.223 e. The van der Waals surface area contributed by atoms with Crippen molar-refractivity contribution in [3.63, 3.8) is 0 Å². The van der Waals surface area contributed by atoms with Crippen molar-refractivity contribution >= 4 is 11.8 Å². The van der Waals surface area contributed by atoms with Crippen LogP contribution in [0.2, 0.25) is 0 Å². The molecule has 108 valence electrons. The Morgan fingerprint density at radius 2 is 2.05 bits per heavy atom. The Labute approximate surface area is 115 Å². The molecule has 2 saturated heterocycles. The molecule has 2 aliphatic heterocycles. The molecule has 2 rings (SSSR count). The number of rotatable bonds is 5. The van der Waals surface area contributed by atoms with Crippen LogP contribution in [0, 0.1) is 5.92 Å². The zero-order chi connectivity index (χ0) is 13.7. The van der Waals surface area contributed by atoms with Gasteiger partial charge >= 0.3 is 0 Å². The number of amides is 2. The highest BCUT2D eigenvalue weighted by atomic mass is 16.2. The van der Waals surface area contributed by atoms with E-state index in [-0.39, 0.29) is 17.7 Å². The van der Waals surface area contributed by atoms with Crippen LogP contribution in [0.25, 0.3) is 0 Å². The maximum absolute atomic E-state index is 12.0. The second kappa shape index (κ2) is 6.89. The highest BCUT2D eigenvalue weighted by Crippen LogP contribution is 2.15. The molecular formula is C14H25N3O2. The molecule has 0 unspecified atom stereocenters. The van der Waals surface area contributed by atoms with Crippen molar-refractivity contribution in [2.24, 2.45) is 5.92 Å². The molecule has 0 aliphatic carbocycles. The van der Waals surface area contributed by atoms with Gasteiger partial charge in [-0.1, -0.05) is 0 Å². The van der Waals surface area contributed by atoms with Gasteiger partial charge in [0.15, 0.2) is 0 Å². The molecule has 19 heavy (non-hydrogen) atoms. The van der Waals surface area contributed by atoms with Gasteiger partial charge in [-0.3, -0.25) is 9.59 Å². The van der Waals surface area contributed by atoms with Crippen LogP contribution in [0.1, 0.15) is 32.1 Å². The molecule has 5 heteroatoms. The second-order valence-electron chi connectivity index (χ2n) is 5.71. The average Bonchev–Trinajstić information content (AvgIpc) is 2.81. The molecule has 5 nitrogen and oxygen atoms in total. The summed E-state index contributed by atoms with van der Waals surface area (Å²) in [5, 5.41) is 3.01. The largest absolute Gasteiger partial charge is 0.356 e. The number of hydrogen-bond donors (Lipinski definition) is 1. The summed E-state index contributed by atoms with van der Waals surface area (Å²) in [6.45, 7) is 4.39. The molecule has 0 radical (unpaired) electrons. The van der Waals surface area contributed by atoms with E-state index in [2.05, 4.69) is 17.3 Å². The zero-order valence-electron chi connectivity index (χ0n) is 11.9. The van der Waals surface area contributed by atoms with E-state index >= 15 is 0 Å². The van der Waals surface area contributed by atoms with E-state index in [1.807, 2.05) is 4.90 Å². The molecule has 0 aromatic heterocycles. The van der Waals surface area contributed by atoms with Gasteiger partial charge in [0.05, 0.1) is 0 Å². The summed E-state index contributed by atoms with van der Waals surface area (Å²) in [5.74, 6) is 0.645. The molecule has 0 aromatic carbocycles. The monoisotopic (exact) mass is 267 g/mol. The molecular weight excluding hydrogens is 242 g/mol. The highest BCUT2D eigenvalue weighted by molar-refractivity contribution is 5.79. The third-order valence-corrected chi connectivity index (χ3v) is 4.16. The van der Waals surface area contributed by atoms with Crippen LogP contribution in [0.5, 0.6) is 0 Å². The van der Waals surface area contributed by atoms with E-state index in [0.29, 0.717) is 13.0 Å². The van der Waals surface area contributed by atoms with E-state index < -0.39 is 0 Å². The van der Waals surface area contributed by atoms with Gasteiger partial charge < -0.3 is 15.1 Å². The van der Waals surface area contributed by atoms with Crippen molar-refractivity contribution in [2.45, 2.75) is 32.1 Å². The van der Waals surface area contributed by atoms with Crippen molar-refractivity contribution in [3.05, 3.63) is 0 Å². The van der Waals surface area contributed by atoms with E-state index in [4.69, 9.17) is 0 Å². The molecule has 2 heterocycles. The molecule has 0 bridgehead atoms. The van der Waals surface area contributed by atoms with E-state index in [1.165, 1.54) is 0 Å². The lowest BCUT2D eigenvalue weighted by Gasteiger charge is -2.28.